The fourth-order valence-electron chi connectivity index (χ4n) is 2.83. The fourth-order valence-corrected chi connectivity index (χ4v) is 4.65. The van der Waals surface area contributed by atoms with Gasteiger partial charge in [0, 0.05) is 29.9 Å². The molecule has 4 heterocycles. The van der Waals surface area contributed by atoms with Crippen LogP contribution in [-0.4, -0.2) is 20.9 Å². The van der Waals surface area contributed by atoms with Gasteiger partial charge in [-0.25, -0.2) is 9.97 Å². The number of thiazole rings is 1. The van der Waals surface area contributed by atoms with Crippen LogP contribution in [0.4, 0.5) is 5.82 Å². The van der Waals surface area contributed by atoms with Gasteiger partial charge >= 0.3 is 0 Å². The smallest absolute Gasteiger partial charge is 0.139 e. The Kier molecular flexibility index (Phi) is 4.74. The molecule has 4 nitrogen and oxygen atoms in total. The summed E-state index contributed by atoms with van der Waals surface area (Å²) in [5, 5.41) is 6.52. The van der Waals surface area contributed by atoms with Gasteiger partial charge in [-0.15, -0.1) is 29.1 Å². The Hall–Kier alpha value is -2.62. The van der Waals surface area contributed by atoms with E-state index in [1.165, 1.54) is 0 Å². The number of hydrogen-bond donors (Lipinski definition) is 1. The van der Waals surface area contributed by atoms with E-state index in [0.717, 1.165) is 56.9 Å². The van der Waals surface area contributed by atoms with Crippen molar-refractivity contribution in [3.05, 3.63) is 47.6 Å². The van der Waals surface area contributed by atoms with Crippen LogP contribution in [0.25, 0.3) is 26.1 Å². The van der Waals surface area contributed by atoms with Crippen molar-refractivity contribution in [3.8, 4) is 32.8 Å². The molecule has 0 aliphatic carbocycles. The molecule has 0 aliphatic heterocycles. The van der Waals surface area contributed by atoms with Crippen LogP contribution in [0.3, 0.4) is 0 Å². The standard InChI is InChI=1S/C20H18N4S2/c1-3-5-9-21-19-17(23-16-8-6-7-11-24(16)19)18-14(4-2)13-15(26-18)20-22-10-12-25-20/h2,6-8,10-13,21H,3,5,9H2,1H3. The van der Waals surface area contributed by atoms with Gasteiger partial charge in [0.25, 0.3) is 0 Å². The van der Waals surface area contributed by atoms with Crippen molar-refractivity contribution in [2.24, 2.45) is 0 Å². The van der Waals surface area contributed by atoms with Gasteiger partial charge in [0.05, 0.1) is 9.75 Å². The number of imidazole rings is 1. The van der Waals surface area contributed by atoms with E-state index in [2.05, 4.69) is 27.5 Å². The molecule has 4 rings (SSSR count). The minimum Gasteiger partial charge on any atom is -0.369 e. The summed E-state index contributed by atoms with van der Waals surface area (Å²) in [5.41, 5.74) is 2.68. The Bertz CT molecular complexity index is 1070. The molecule has 1 N–H and O–H groups in total. The zero-order valence-corrected chi connectivity index (χ0v) is 16.0. The van der Waals surface area contributed by atoms with Gasteiger partial charge in [0.1, 0.15) is 22.2 Å². The highest BCUT2D eigenvalue weighted by Gasteiger charge is 2.20. The maximum atomic E-state index is 5.81. The Morgan fingerprint density at radius 3 is 3.04 bits per heavy atom. The Balaban J connectivity index is 1.86. The molecule has 0 bridgehead atoms. The van der Waals surface area contributed by atoms with Crippen molar-refractivity contribution in [3.63, 3.8) is 0 Å². The average Bonchev–Trinajstić information content (AvgIpc) is 3.39. The summed E-state index contributed by atoms with van der Waals surface area (Å²) in [7, 11) is 0. The first-order valence-electron chi connectivity index (χ1n) is 8.53. The fraction of sp³-hybridized carbons (Fsp3) is 0.200. The molecule has 6 heteroatoms. The predicted octanol–water partition coefficient (Wildman–Crippen LogP) is 5.38. The van der Waals surface area contributed by atoms with Crippen LogP contribution in [0.5, 0.6) is 0 Å². The highest BCUT2D eigenvalue weighted by Crippen LogP contribution is 2.41. The lowest BCUT2D eigenvalue weighted by atomic mass is 10.2. The Morgan fingerprint density at radius 1 is 1.35 bits per heavy atom. The molecule has 130 valence electrons. The van der Waals surface area contributed by atoms with Crippen LogP contribution < -0.4 is 5.32 Å². The molecule has 0 fully saturated rings. The second kappa shape index (κ2) is 7.32. The first kappa shape index (κ1) is 16.8. The minimum atomic E-state index is 0.863. The molecule has 26 heavy (non-hydrogen) atoms. The van der Waals surface area contributed by atoms with E-state index in [1.807, 2.05) is 42.0 Å². The van der Waals surface area contributed by atoms with Gasteiger partial charge < -0.3 is 5.32 Å². The number of unbranched alkanes of at least 4 members (excludes halogenated alkanes) is 1. The molecule has 0 spiro atoms. The van der Waals surface area contributed by atoms with Crippen molar-refractivity contribution in [2.45, 2.75) is 19.8 Å². The summed E-state index contributed by atoms with van der Waals surface area (Å²) in [6.07, 6.45) is 11.9. The number of aromatic nitrogens is 3. The number of rotatable bonds is 6. The molecule has 0 unspecified atom stereocenters. The van der Waals surface area contributed by atoms with Crippen molar-refractivity contribution >= 4 is 34.1 Å². The highest BCUT2D eigenvalue weighted by molar-refractivity contribution is 7.23. The Labute approximate surface area is 160 Å². The number of nitrogens with zero attached hydrogens (tertiary/aromatic N) is 3. The molecule has 0 saturated heterocycles. The number of pyridine rings is 1. The van der Waals surface area contributed by atoms with Crippen LogP contribution in [0, 0.1) is 12.3 Å². The van der Waals surface area contributed by atoms with Crippen molar-refractivity contribution in [2.75, 3.05) is 11.9 Å². The summed E-state index contributed by atoms with van der Waals surface area (Å²) in [4.78, 5) is 11.4. The second-order valence-electron chi connectivity index (χ2n) is 5.85. The number of thiophene rings is 1. The van der Waals surface area contributed by atoms with Gasteiger partial charge in [-0.05, 0) is 24.6 Å². The molecule has 4 aromatic heterocycles. The quantitative estimate of drug-likeness (QED) is 0.362. The number of hydrogen-bond acceptors (Lipinski definition) is 5. The summed E-state index contributed by atoms with van der Waals surface area (Å²) in [5.74, 6) is 3.82. The molecule has 4 aromatic rings. The SMILES string of the molecule is C#Cc1cc(-c2nccs2)sc1-c1nc2ccccn2c1NCCCC. The van der Waals surface area contributed by atoms with Gasteiger partial charge in [0.15, 0.2) is 0 Å². The maximum absolute atomic E-state index is 5.81. The maximum Gasteiger partial charge on any atom is 0.139 e. The zero-order chi connectivity index (χ0) is 17.9. The highest BCUT2D eigenvalue weighted by atomic mass is 32.1. The first-order valence-corrected chi connectivity index (χ1v) is 10.2. The monoisotopic (exact) mass is 378 g/mol. The topological polar surface area (TPSA) is 42.2 Å². The molecule has 0 aromatic carbocycles. The van der Waals surface area contributed by atoms with Gasteiger partial charge in [-0.1, -0.05) is 25.3 Å². The number of anilines is 1. The normalized spacial score (nSPS) is 10.9. The van der Waals surface area contributed by atoms with E-state index in [1.54, 1.807) is 22.7 Å². The predicted molar refractivity (Wildman–Crippen MR) is 111 cm³/mol. The molecular formula is C20H18N4S2. The summed E-state index contributed by atoms with van der Waals surface area (Å²) in [6, 6.07) is 8.07. The summed E-state index contributed by atoms with van der Waals surface area (Å²) < 4.78 is 2.09. The number of nitrogens with one attached hydrogen (secondary N) is 1. The lowest BCUT2D eigenvalue weighted by Gasteiger charge is -2.07. The largest absolute Gasteiger partial charge is 0.369 e. The lowest BCUT2D eigenvalue weighted by molar-refractivity contribution is 0.830. The van der Waals surface area contributed by atoms with Gasteiger partial charge in [-0.3, -0.25) is 4.40 Å². The lowest BCUT2D eigenvalue weighted by Crippen LogP contribution is -2.04. The van der Waals surface area contributed by atoms with Crippen LogP contribution >= 0.6 is 22.7 Å². The minimum absolute atomic E-state index is 0.863. The molecule has 0 radical (unpaired) electrons. The first-order chi connectivity index (χ1) is 12.8. The average molecular weight is 379 g/mol. The van der Waals surface area contributed by atoms with E-state index >= 15 is 0 Å². The van der Waals surface area contributed by atoms with E-state index in [0.29, 0.717) is 0 Å². The third kappa shape index (κ3) is 3.00. The van der Waals surface area contributed by atoms with E-state index in [4.69, 9.17) is 11.4 Å². The third-order valence-corrected chi connectivity index (χ3v) is 6.18. The second-order valence-corrected chi connectivity index (χ2v) is 7.80. The van der Waals surface area contributed by atoms with Crippen molar-refractivity contribution < 1.29 is 0 Å². The van der Waals surface area contributed by atoms with E-state index in [9.17, 15) is 0 Å². The van der Waals surface area contributed by atoms with Crippen molar-refractivity contribution in [1.82, 2.24) is 14.4 Å². The van der Waals surface area contributed by atoms with Crippen LogP contribution in [0.15, 0.2) is 42.0 Å². The molecule has 0 saturated carbocycles. The van der Waals surface area contributed by atoms with Crippen LogP contribution in [0.2, 0.25) is 0 Å². The zero-order valence-electron chi connectivity index (χ0n) is 14.4. The Morgan fingerprint density at radius 2 is 2.27 bits per heavy atom. The van der Waals surface area contributed by atoms with Crippen LogP contribution in [-0.2, 0) is 0 Å². The van der Waals surface area contributed by atoms with E-state index in [-0.39, 0.29) is 0 Å². The number of fused-ring (bicyclic) bond motifs is 1. The molecular weight excluding hydrogens is 360 g/mol. The summed E-state index contributed by atoms with van der Waals surface area (Å²) in [6.45, 7) is 3.09. The number of terminal acetylenes is 1. The summed E-state index contributed by atoms with van der Waals surface area (Å²) >= 11 is 3.27. The van der Waals surface area contributed by atoms with Crippen LogP contribution in [0.1, 0.15) is 25.3 Å². The third-order valence-electron chi connectivity index (χ3n) is 4.10. The molecule has 0 amide bonds. The molecule has 0 aliphatic rings. The molecule has 0 atom stereocenters. The van der Waals surface area contributed by atoms with Gasteiger partial charge in [0.2, 0.25) is 0 Å². The van der Waals surface area contributed by atoms with E-state index < -0.39 is 0 Å². The van der Waals surface area contributed by atoms with Crippen molar-refractivity contribution in [1.29, 1.82) is 0 Å². The van der Waals surface area contributed by atoms with Gasteiger partial charge in [-0.2, -0.15) is 0 Å².